The first-order chi connectivity index (χ1) is 5.63. The van der Waals surface area contributed by atoms with E-state index in [9.17, 15) is 9.59 Å². The fourth-order valence-electron chi connectivity index (χ4n) is 0.651. The molecule has 1 aromatic heterocycles. The molecule has 0 saturated carbocycles. The van der Waals surface area contributed by atoms with Crippen molar-refractivity contribution in [3.63, 3.8) is 0 Å². The first kappa shape index (κ1) is 11.5. The van der Waals surface area contributed by atoms with Crippen molar-refractivity contribution in [3.8, 4) is 0 Å². The molecule has 6 nitrogen and oxygen atoms in total. The van der Waals surface area contributed by atoms with Crippen LogP contribution in [0.4, 0.5) is 0 Å². The summed E-state index contributed by atoms with van der Waals surface area (Å²) in [6.07, 6.45) is 2.24. The molecule has 0 aliphatic heterocycles. The van der Waals surface area contributed by atoms with Crippen LogP contribution in [-0.4, -0.2) is 32.1 Å². The Morgan fingerprint density at radius 1 is 1.00 bits per heavy atom. The number of carboxylic acid groups (broad SMARTS) is 2. The maximum Gasteiger partial charge on any atom is 0.357 e. The molecule has 0 unspecified atom stereocenters. The van der Waals surface area contributed by atoms with E-state index < -0.39 is 23.3 Å². The molecule has 7 heteroatoms. The molecule has 0 bridgehead atoms. The van der Waals surface area contributed by atoms with Crippen molar-refractivity contribution in [3.05, 3.63) is 23.8 Å². The number of hydrogen-bond acceptors (Lipinski definition) is 4. The van der Waals surface area contributed by atoms with Gasteiger partial charge in [-0.3, -0.25) is 0 Å². The molecule has 0 saturated heterocycles. The number of aromatic nitrogens is 2. The van der Waals surface area contributed by atoms with E-state index in [1.54, 1.807) is 0 Å². The monoisotopic (exact) mass is 231 g/mol. The maximum atomic E-state index is 10.4. The number of aromatic carboxylic acids is 2. The fourth-order valence-corrected chi connectivity index (χ4v) is 0.651. The van der Waals surface area contributed by atoms with Crippen molar-refractivity contribution in [2.75, 3.05) is 0 Å². The van der Waals surface area contributed by atoms with Gasteiger partial charge in [0.25, 0.3) is 0 Å². The van der Waals surface area contributed by atoms with Gasteiger partial charge in [0, 0.05) is 29.5 Å². The van der Waals surface area contributed by atoms with Crippen molar-refractivity contribution in [2.45, 2.75) is 0 Å². The minimum absolute atomic E-state index is 0. The zero-order valence-electron chi connectivity index (χ0n) is 6.06. The summed E-state index contributed by atoms with van der Waals surface area (Å²) in [4.78, 5) is 27.4. The summed E-state index contributed by atoms with van der Waals surface area (Å²) < 4.78 is 0. The topological polar surface area (TPSA) is 100 Å². The summed E-state index contributed by atoms with van der Waals surface area (Å²) in [7, 11) is 0. The van der Waals surface area contributed by atoms with E-state index in [2.05, 4.69) is 9.97 Å². The first-order valence-corrected chi connectivity index (χ1v) is 2.90. The van der Waals surface area contributed by atoms with Crippen LogP contribution < -0.4 is 0 Å². The molecule has 1 radical (unpaired) electrons. The molecular formula is C6H4CuN2O4. The average Bonchev–Trinajstić information content (AvgIpc) is 2.04. The largest absolute Gasteiger partial charge is 0.476 e. The second kappa shape index (κ2) is 4.54. The third kappa shape index (κ3) is 2.50. The van der Waals surface area contributed by atoms with Crippen LogP contribution in [0, 0.1) is 0 Å². The van der Waals surface area contributed by atoms with Gasteiger partial charge in [-0.15, -0.1) is 0 Å². The van der Waals surface area contributed by atoms with Gasteiger partial charge in [-0.2, -0.15) is 0 Å². The average molecular weight is 232 g/mol. The Labute approximate surface area is 83.1 Å². The van der Waals surface area contributed by atoms with Crippen molar-refractivity contribution in [1.29, 1.82) is 0 Å². The predicted octanol–water partition coefficient (Wildman–Crippen LogP) is -0.130. The van der Waals surface area contributed by atoms with Crippen LogP contribution in [0.5, 0.6) is 0 Å². The van der Waals surface area contributed by atoms with Gasteiger partial charge in [0.1, 0.15) is 0 Å². The molecule has 73 valence electrons. The zero-order chi connectivity index (χ0) is 9.14. The first-order valence-electron chi connectivity index (χ1n) is 2.90. The summed E-state index contributed by atoms with van der Waals surface area (Å²) in [6, 6.07) is 0. The third-order valence-corrected chi connectivity index (χ3v) is 1.10. The van der Waals surface area contributed by atoms with Gasteiger partial charge in [-0.05, 0) is 0 Å². The molecule has 0 aliphatic carbocycles. The molecular weight excluding hydrogens is 228 g/mol. The summed E-state index contributed by atoms with van der Waals surface area (Å²) in [5, 5.41) is 16.9. The Morgan fingerprint density at radius 2 is 1.31 bits per heavy atom. The second-order valence-corrected chi connectivity index (χ2v) is 1.86. The van der Waals surface area contributed by atoms with Gasteiger partial charge < -0.3 is 10.2 Å². The molecule has 0 spiro atoms. The van der Waals surface area contributed by atoms with Gasteiger partial charge in [0.2, 0.25) is 0 Å². The normalized spacial score (nSPS) is 8.62. The van der Waals surface area contributed by atoms with Gasteiger partial charge in [0.15, 0.2) is 11.4 Å². The van der Waals surface area contributed by atoms with Crippen molar-refractivity contribution < 1.29 is 36.9 Å². The van der Waals surface area contributed by atoms with Crippen LogP contribution in [0.3, 0.4) is 0 Å². The van der Waals surface area contributed by atoms with E-state index >= 15 is 0 Å². The predicted molar refractivity (Wildman–Crippen MR) is 36.0 cm³/mol. The third-order valence-electron chi connectivity index (χ3n) is 1.10. The number of carbonyl (C=O) groups is 2. The SMILES string of the molecule is O=C(O)c1nccnc1C(=O)O.[Cu]. The van der Waals surface area contributed by atoms with Gasteiger partial charge in [-0.1, -0.05) is 0 Å². The Morgan fingerprint density at radius 3 is 1.54 bits per heavy atom. The van der Waals surface area contributed by atoms with Crippen molar-refractivity contribution in [1.82, 2.24) is 9.97 Å². The summed E-state index contributed by atoms with van der Waals surface area (Å²) in [6.45, 7) is 0. The number of nitrogens with zero attached hydrogens (tertiary/aromatic N) is 2. The van der Waals surface area contributed by atoms with Gasteiger partial charge in [0.05, 0.1) is 0 Å². The standard InChI is InChI=1S/C6H4N2O4.Cu/c9-5(10)3-4(6(11)12)8-2-1-7-3;/h1-2H,(H,9,10)(H,11,12);. The summed E-state index contributed by atoms with van der Waals surface area (Å²) in [5.41, 5.74) is -1.10. The minimum atomic E-state index is -1.40. The van der Waals surface area contributed by atoms with Gasteiger partial charge in [-0.25, -0.2) is 19.6 Å². The number of rotatable bonds is 2. The van der Waals surface area contributed by atoms with E-state index in [0.717, 1.165) is 12.4 Å². The summed E-state index contributed by atoms with van der Waals surface area (Å²) in [5.74, 6) is -2.80. The number of hydrogen-bond donors (Lipinski definition) is 2. The van der Waals surface area contributed by atoms with Crippen LogP contribution in [0.25, 0.3) is 0 Å². The number of carboxylic acids is 2. The van der Waals surface area contributed by atoms with Crippen LogP contribution >= 0.6 is 0 Å². The molecule has 0 fully saturated rings. The van der Waals surface area contributed by atoms with Crippen LogP contribution in [0.15, 0.2) is 12.4 Å². The van der Waals surface area contributed by atoms with E-state index in [-0.39, 0.29) is 17.1 Å². The van der Waals surface area contributed by atoms with Crippen LogP contribution in [-0.2, 0) is 17.1 Å². The Bertz CT molecular complexity index is 308. The molecule has 13 heavy (non-hydrogen) atoms. The minimum Gasteiger partial charge on any atom is -0.476 e. The van der Waals surface area contributed by atoms with Crippen LogP contribution in [0.1, 0.15) is 21.0 Å². The van der Waals surface area contributed by atoms with E-state index in [1.165, 1.54) is 0 Å². The molecule has 0 atom stereocenters. The smallest absolute Gasteiger partial charge is 0.357 e. The molecule has 1 heterocycles. The van der Waals surface area contributed by atoms with Crippen molar-refractivity contribution >= 4 is 11.9 Å². The molecule has 1 aromatic rings. The summed E-state index contributed by atoms with van der Waals surface area (Å²) >= 11 is 0. The Kier molecular flexibility index (Phi) is 4.03. The van der Waals surface area contributed by atoms with E-state index in [0.29, 0.717) is 0 Å². The molecule has 0 aromatic carbocycles. The Hall–Kier alpha value is -1.46. The quantitative estimate of drug-likeness (QED) is 0.688. The maximum absolute atomic E-state index is 10.4. The fraction of sp³-hybridized carbons (Fsp3) is 0. The van der Waals surface area contributed by atoms with Gasteiger partial charge >= 0.3 is 11.9 Å². The van der Waals surface area contributed by atoms with E-state index in [4.69, 9.17) is 10.2 Å². The van der Waals surface area contributed by atoms with E-state index in [1.807, 2.05) is 0 Å². The zero-order valence-corrected chi connectivity index (χ0v) is 7.00. The second-order valence-electron chi connectivity index (χ2n) is 1.86. The Balaban J connectivity index is 0.00000144. The molecule has 0 aliphatic rings. The molecule has 2 N–H and O–H groups in total. The molecule has 0 amide bonds. The molecule has 1 rings (SSSR count). The van der Waals surface area contributed by atoms with Crippen molar-refractivity contribution in [2.24, 2.45) is 0 Å². The van der Waals surface area contributed by atoms with Crippen LogP contribution in [0.2, 0.25) is 0 Å².